The smallest absolute Gasteiger partial charge is 0.333 e. The number of imide groups is 1. The lowest BCUT2D eigenvalue weighted by atomic mass is 10.1. The van der Waals surface area contributed by atoms with E-state index in [1.54, 1.807) is 43.2 Å². The fourth-order valence-electron chi connectivity index (χ4n) is 2.15. The lowest BCUT2D eigenvalue weighted by Gasteiger charge is -2.22. The summed E-state index contributed by atoms with van der Waals surface area (Å²) in [5.74, 6) is -2.12. The number of carboxylic acid groups (broad SMARTS) is 1. The molecule has 1 N–H and O–H groups in total. The van der Waals surface area contributed by atoms with Crippen LogP contribution < -0.4 is 0 Å². The molecule has 0 aliphatic carbocycles. The monoisotopic (exact) mass is 485 g/mol. The van der Waals surface area contributed by atoms with Crippen LogP contribution in [0.3, 0.4) is 0 Å². The lowest BCUT2D eigenvalue weighted by Crippen LogP contribution is -2.32. The maximum absolute atomic E-state index is 11.6. The summed E-state index contributed by atoms with van der Waals surface area (Å²) in [5, 5.41) is 9.02. The van der Waals surface area contributed by atoms with Gasteiger partial charge in [-0.1, -0.05) is 43.2 Å². The molecule has 0 aromatic rings. The summed E-state index contributed by atoms with van der Waals surface area (Å²) in [6.45, 7) is 8.20. The van der Waals surface area contributed by atoms with Crippen LogP contribution in [-0.4, -0.2) is 55.9 Å². The molecule has 11 heteroatoms. The van der Waals surface area contributed by atoms with E-state index in [0.29, 0.717) is 11.5 Å². The van der Waals surface area contributed by atoms with Crippen molar-refractivity contribution in [3.63, 3.8) is 0 Å². The standard InChI is InChI=1S/C11H17NO4S2.C7H14O2S2/c1-11(2,18-17-3)7-6-10(15)16-12-8(13)4-5-9(12)14;1-7(2,11-10-3)5-4-6(8)9/h4-7H2,1-3H3;4-5H2,1-3H3,(H,8,9). The average Bonchev–Trinajstić information content (AvgIpc) is 2.91. The third kappa shape index (κ3) is 13.4. The van der Waals surface area contributed by atoms with Crippen LogP contribution in [0.4, 0.5) is 0 Å². The van der Waals surface area contributed by atoms with Crippen LogP contribution in [0.2, 0.25) is 0 Å². The minimum atomic E-state index is -0.709. The van der Waals surface area contributed by atoms with Gasteiger partial charge in [0.05, 0.1) is 0 Å². The van der Waals surface area contributed by atoms with Gasteiger partial charge in [-0.2, -0.15) is 0 Å². The Labute approximate surface area is 189 Å². The summed E-state index contributed by atoms with van der Waals surface area (Å²) >= 11 is 0. The first kappa shape index (κ1) is 28.5. The molecule has 1 aliphatic rings. The van der Waals surface area contributed by atoms with Gasteiger partial charge in [-0.25, -0.2) is 4.79 Å². The highest BCUT2D eigenvalue weighted by molar-refractivity contribution is 8.77. The molecule has 0 aromatic carbocycles. The molecule has 29 heavy (non-hydrogen) atoms. The van der Waals surface area contributed by atoms with Crippen molar-refractivity contribution < 1.29 is 29.1 Å². The Kier molecular flexibility index (Phi) is 13.5. The number of hydrogen-bond donors (Lipinski definition) is 1. The van der Waals surface area contributed by atoms with E-state index >= 15 is 0 Å². The molecule has 168 valence electrons. The van der Waals surface area contributed by atoms with Gasteiger partial charge in [0.1, 0.15) is 0 Å². The van der Waals surface area contributed by atoms with Gasteiger partial charge in [0.2, 0.25) is 0 Å². The van der Waals surface area contributed by atoms with Crippen molar-refractivity contribution in [1.82, 2.24) is 5.06 Å². The fourth-order valence-corrected chi connectivity index (χ4v) is 6.63. The molecule has 7 nitrogen and oxygen atoms in total. The molecule has 1 saturated heterocycles. The molecule has 0 unspecified atom stereocenters. The first-order chi connectivity index (χ1) is 13.3. The molecular weight excluding hydrogens is 454 g/mol. The Morgan fingerprint density at radius 2 is 1.34 bits per heavy atom. The van der Waals surface area contributed by atoms with Gasteiger partial charge < -0.3 is 9.94 Å². The van der Waals surface area contributed by atoms with E-state index in [0.717, 1.165) is 6.42 Å². The van der Waals surface area contributed by atoms with Crippen LogP contribution in [0.25, 0.3) is 0 Å². The number of carbonyl (C=O) groups is 4. The number of aliphatic carboxylic acids is 1. The first-order valence-electron chi connectivity index (χ1n) is 9.05. The maximum atomic E-state index is 11.6. The zero-order valence-electron chi connectivity index (χ0n) is 17.8. The number of hydroxylamine groups is 2. The van der Waals surface area contributed by atoms with Crippen LogP contribution in [0, 0.1) is 0 Å². The lowest BCUT2D eigenvalue weighted by molar-refractivity contribution is -0.197. The minimum Gasteiger partial charge on any atom is -0.481 e. The van der Waals surface area contributed by atoms with Crippen molar-refractivity contribution in [1.29, 1.82) is 0 Å². The second kappa shape index (κ2) is 13.7. The molecule has 1 fully saturated rings. The van der Waals surface area contributed by atoms with Crippen molar-refractivity contribution in [3.05, 3.63) is 0 Å². The van der Waals surface area contributed by atoms with Crippen LogP contribution in [0.5, 0.6) is 0 Å². The molecule has 0 saturated carbocycles. The minimum absolute atomic E-state index is 0.0442. The van der Waals surface area contributed by atoms with E-state index in [9.17, 15) is 19.2 Å². The third-order valence-electron chi connectivity index (χ3n) is 3.69. The van der Waals surface area contributed by atoms with E-state index in [-0.39, 0.29) is 35.2 Å². The van der Waals surface area contributed by atoms with Crippen LogP contribution in [-0.2, 0) is 24.0 Å². The SMILES string of the molecule is CSSC(C)(C)CCC(=O)O.CSSC(C)(C)CCC(=O)ON1C(=O)CCC1=O. The number of amides is 2. The number of nitrogens with zero attached hydrogens (tertiary/aromatic N) is 1. The van der Waals surface area contributed by atoms with Gasteiger partial charge >= 0.3 is 11.9 Å². The highest BCUT2D eigenvalue weighted by atomic mass is 33.1. The molecule has 1 rings (SSSR count). The zero-order chi connectivity index (χ0) is 22.7. The van der Waals surface area contributed by atoms with Crippen molar-refractivity contribution in [2.45, 2.75) is 75.7 Å². The number of hydrogen-bond acceptors (Lipinski definition) is 9. The van der Waals surface area contributed by atoms with Crippen molar-refractivity contribution >= 4 is 66.9 Å². The number of carbonyl (C=O) groups excluding carboxylic acids is 3. The Morgan fingerprint density at radius 3 is 1.72 bits per heavy atom. The molecule has 0 atom stereocenters. The quantitative estimate of drug-likeness (QED) is 0.324. The first-order valence-corrected chi connectivity index (χ1v) is 14.2. The Bertz CT molecular complexity index is 567. The molecule has 0 radical (unpaired) electrons. The van der Waals surface area contributed by atoms with E-state index < -0.39 is 23.8 Å². The molecular formula is C18H31NO6S4. The molecule has 0 spiro atoms. The fraction of sp³-hybridized carbons (Fsp3) is 0.778. The Balaban J connectivity index is 0.000000614. The molecule has 1 aliphatic heterocycles. The highest BCUT2D eigenvalue weighted by Gasteiger charge is 2.33. The second-order valence-electron chi connectivity index (χ2n) is 7.46. The summed E-state index contributed by atoms with van der Waals surface area (Å²) in [5.41, 5.74) is 0. The van der Waals surface area contributed by atoms with Gasteiger partial charge in [-0.3, -0.25) is 14.4 Å². The maximum Gasteiger partial charge on any atom is 0.333 e. The van der Waals surface area contributed by atoms with Gasteiger partial charge in [0.15, 0.2) is 0 Å². The summed E-state index contributed by atoms with van der Waals surface area (Å²) in [6, 6.07) is 0. The van der Waals surface area contributed by atoms with E-state index in [1.807, 2.05) is 26.4 Å². The van der Waals surface area contributed by atoms with Crippen LogP contribution in [0.15, 0.2) is 0 Å². The Hall–Kier alpha value is -0.520. The topological polar surface area (TPSA) is 101 Å². The summed E-state index contributed by atoms with van der Waals surface area (Å²) in [6.07, 6.45) is 6.05. The molecule has 2 amide bonds. The van der Waals surface area contributed by atoms with Gasteiger partial charge in [-0.15, -0.1) is 5.06 Å². The van der Waals surface area contributed by atoms with Crippen LogP contribution in [0.1, 0.15) is 66.2 Å². The van der Waals surface area contributed by atoms with Gasteiger partial charge in [0.25, 0.3) is 11.8 Å². The van der Waals surface area contributed by atoms with E-state index in [2.05, 4.69) is 13.8 Å². The van der Waals surface area contributed by atoms with Crippen molar-refractivity contribution in [2.75, 3.05) is 12.5 Å². The average molecular weight is 486 g/mol. The highest BCUT2D eigenvalue weighted by Crippen LogP contribution is 2.37. The van der Waals surface area contributed by atoms with E-state index in [4.69, 9.17) is 9.94 Å². The Morgan fingerprint density at radius 1 is 0.931 bits per heavy atom. The van der Waals surface area contributed by atoms with Crippen molar-refractivity contribution in [2.24, 2.45) is 0 Å². The number of rotatable bonds is 11. The summed E-state index contributed by atoms with van der Waals surface area (Å²) in [7, 11) is 6.73. The summed E-state index contributed by atoms with van der Waals surface area (Å²) in [4.78, 5) is 49.1. The molecule has 1 heterocycles. The molecule has 0 bridgehead atoms. The predicted molar refractivity (Wildman–Crippen MR) is 124 cm³/mol. The molecule has 0 aromatic heterocycles. The number of carboxylic acids is 1. The predicted octanol–water partition coefficient (Wildman–Crippen LogP) is 4.80. The second-order valence-corrected chi connectivity index (χ2v) is 13.7. The summed E-state index contributed by atoms with van der Waals surface area (Å²) < 4.78 is 0.0370. The third-order valence-corrected chi connectivity index (χ3v) is 9.04. The van der Waals surface area contributed by atoms with Gasteiger partial charge in [-0.05, 0) is 53.0 Å². The van der Waals surface area contributed by atoms with E-state index in [1.165, 1.54) is 0 Å². The van der Waals surface area contributed by atoms with Gasteiger partial charge in [0, 0.05) is 35.2 Å². The normalized spacial score (nSPS) is 14.5. The van der Waals surface area contributed by atoms with Crippen molar-refractivity contribution in [3.8, 4) is 0 Å². The van der Waals surface area contributed by atoms with Crippen LogP contribution >= 0.6 is 43.2 Å². The zero-order valence-corrected chi connectivity index (χ0v) is 21.1. The largest absolute Gasteiger partial charge is 0.481 e.